The first-order valence-corrected chi connectivity index (χ1v) is 4.73. The molecule has 1 atom stereocenters. The van der Waals surface area contributed by atoms with E-state index in [2.05, 4.69) is 15.6 Å². The highest BCUT2D eigenvalue weighted by Gasteiger charge is 2.24. The van der Waals surface area contributed by atoms with Crippen LogP contribution in [-0.2, 0) is 4.79 Å². The lowest BCUT2D eigenvalue weighted by Gasteiger charge is -2.25. The van der Waals surface area contributed by atoms with Crippen LogP contribution in [-0.4, -0.2) is 23.5 Å². The van der Waals surface area contributed by atoms with Gasteiger partial charge in [0.1, 0.15) is 5.82 Å². The minimum absolute atomic E-state index is 0. The zero-order valence-electron chi connectivity index (χ0n) is 8.49. The number of carbonyl (C=O) groups excluding carboxylic acids is 1. The molecular weight excluding hydrogens is 214 g/mol. The number of amides is 1. The first kappa shape index (κ1) is 11.9. The third kappa shape index (κ3) is 2.91. The lowest BCUT2D eigenvalue weighted by Crippen LogP contribution is -2.50. The van der Waals surface area contributed by atoms with E-state index < -0.39 is 0 Å². The maximum absolute atomic E-state index is 11.5. The standard InChI is InChI=1S/C10H13N3O.ClH/c1-7-3-2-4-9(12-7)13-10(14)8-5-6-11-8;/h2-4,8,11H,5-6H2,1H3,(H,12,13,14);1H. The van der Waals surface area contributed by atoms with E-state index in [1.165, 1.54) is 0 Å². The molecule has 1 aliphatic heterocycles. The summed E-state index contributed by atoms with van der Waals surface area (Å²) < 4.78 is 0. The van der Waals surface area contributed by atoms with Gasteiger partial charge in [0, 0.05) is 5.69 Å². The van der Waals surface area contributed by atoms with E-state index >= 15 is 0 Å². The van der Waals surface area contributed by atoms with Gasteiger partial charge in [-0.2, -0.15) is 0 Å². The van der Waals surface area contributed by atoms with Crippen molar-refractivity contribution in [2.75, 3.05) is 11.9 Å². The predicted octanol–water partition coefficient (Wildman–Crippen LogP) is 1.11. The van der Waals surface area contributed by atoms with E-state index in [1.54, 1.807) is 6.07 Å². The molecule has 2 N–H and O–H groups in total. The number of halogens is 1. The SMILES string of the molecule is Cc1cccc(NC(=O)C2CCN2)n1.Cl. The number of rotatable bonds is 2. The van der Waals surface area contributed by atoms with E-state index in [9.17, 15) is 4.79 Å². The Balaban J connectivity index is 0.00000112. The number of hydrogen-bond donors (Lipinski definition) is 2. The highest BCUT2D eigenvalue weighted by Crippen LogP contribution is 2.08. The molecule has 2 rings (SSSR count). The predicted molar refractivity (Wildman–Crippen MR) is 61.3 cm³/mol. The lowest BCUT2D eigenvalue weighted by molar-refractivity contribution is -0.119. The monoisotopic (exact) mass is 227 g/mol. The molecule has 2 heterocycles. The normalized spacial score (nSPS) is 18.6. The number of aryl methyl sites for hydroxylation is 1. The average molecular weight is 228 g/mol. The van der Waals surface area contributed by atoms with Crippen LogP contribution in [0.4, 0.5) is 5.82 Å². The van der Waals surface area contributed by atoms with Crippen molar-refractivity contribution in [3.05, 3.63) is 23.9 Å². The third-order valence-electron chi connectivity index (χ3n) is 2.28. The van der Waals surface area contributed by atoms with Crippen LogP contribution in [0.25, 0.3) is 0 Å². The van der Waals surface area contributed by atoms with Crippen molar-refractivity contribution in [1.29, 1.82) is 0 Å². The maximum atomic E-state index is 11.5. The van der Waals surface area contributed by atoms with Crippen molar-refractivity contribution in [3.63, 3.8) is 0 Å². The van der Waals surface area contributed by atoms with Gasteiger partial charge in [-0.15, -0.1) is 12.4 Å². The Bertz CT molecular complexity index is 352. The fraction of sp³-hybridized carbons (Fsp3) is 0.400. The molecule has 0 saturated carbocycles. The zero-order chi connectivity index (χ0) is 9.97. The summed E-state index contributed by atoms with van der Waals surface area (Å²) in [4.78, 5) is 15.7. The summed E-state index contributed by atoms with van der Waals surface area (Å²) in [6.45, 7) is 2.83. The van der Waals surface area contributed by atoms with Crippen LogP contribution in [0.15, 0.2) is 18.2 Å². The van der Waals surface area contributed by atoms with E-state index in [0.717, 1.165) is 18.7 Å². The molecule has 1 fully saturated rings. The largest absolute Gasteiger partial charge is 0.309 e. The van der Waals surface area contributed by atoms with Crippen LogP contribution >= 0.6 is 12.4 Å². The fourth-order valence-corrected chi connectivity index (χ4v) is 1.34. The molecule has 82 valence electrons. The topological polar surface area (TPSA) is 54.0 Å². The van der Waals surface area contributed by atoms with Crippen LogP contribution in [0, 0.1) is 6.92 Å². The van der Waals surface area contributed by atoms with Crippen molar-refractivity contribution in [2.24, 2.45) is 0 Å². The summed E-state index contributed by atoms with van der Waals surface area (Å²) in [5.74, 6) is 0.637. The highest BCUT2D eigenvalue weighted by atomic mass is 35.5. The van der Waals surface area contributed by atoms with Gasteiger partial charge in [0.05, 0.1) is 6.04 Å². The number of aromatic nitrogens is 1. The Morgan fingerprint density at radius 3 is 2.87 bits per heavy atom. The Labute approximate surface area is 94.9 Å². The van der Waals surface area contributed by atoms with E-state index in [0.29, 0.717) is 5.82 Å². The smallest absolute Gasteiger partial charge is 0.242 e. The van der Waals surface area contributed by atoms with Crippen LogP contribution in [0.1, 0.15) is 12.1 Å². The molecule has 1 aromatic heterocycles. The van der Waals surface area contributed by atoms with Crippen LogP contribution < -0.4 is 10.6 Å². The van der Waals surface area contributed by atoms with Crippen molar-refractivity contribution < 1.29 is 4.79 Å². The second kappa shape index (κ2) is 5.09. The second-order valence-corrected chi connectivity index (χ2v) is 3.45. The molecule has 4 nitrogen and oxygen atoms in total. The zero-order valence-corrected chi connectivity index (χ0v) is 9.30. The molecule has 1 unspecified atom stereocenters. The molecular formula is C10H14ClN3O. The van der Waals surface area contributed by atoms with Crippen LogP contribution in [0.5, 0.6) is 0 Å². The third-order valence-corrected chi connectivity index (χ3v) is 2.28. The molecule has 1 aromatic rings. The number of nitrogens with one attached hydrogen (secondary N) is 2. The molecule has 0 spiro atoms. The summed E-state index contributed by atoms with van der Waals surface area (Å²) >= 11 is 0. The van der Waals surface area contributed by atoms with Crippen molar-refractivity contribution in [1.82, 2.24) is 10.3 Å². The van der Waals surface area contributed by atoms with E-state index in [1.807, 2.05) is 19.1 Å². The number of nitrogens with zero attached hydrogens (tertiary/aromatic N) is 1. The van der Waals surface area contributed by atoms with Crippen LogP contribution in [0.3, 0.4) is 0 Å². The van der Waals surface area contributed by atoms with Gasteiger partial charge >= 0.3 is 0 Å². The Kier molecular flexibility index (Phi) is 4.05. The lowest BCUT2D eigenvalue weighted by atomic mass is 10.1. The van der Waals surface area contributed by atoms with E-state index in [-0.39, 0.29) is 24.4 Å². The summed E-state index contributed by atoms with van der Waals surface area (Å²) in [5.41, 5.74) is 0.907. The van der Waals surface area contributed by atoms with Gasteiger partial charge in [-0.1, -0.05) is 6.07 Å². The first-order chi connectivity index (χ1) is 6.75. The molecule has 0 bridgehead atoms. The number of hydrogen-bond acceptors (Lipinski definition) is 3. The van der Waals surface area contributed by atoms with Crippen molar-refractivity contribution in [2.45, 2.75) is 19.4 Å². The fourth-order valence-electron chi connectivity index (χ4n) is 1.34. The summed E-state index contributed by atoms with van der Waals surface area (Å²) in [6.07, 6.45) is 0.914. The number of anilines is 1. The molecule has 1 aliphatic rings. The molecule has 1 saturated heterocycles. The molecule has 15 heavy (non-hydrogen) atoms. The summed E-state index contributed by atoms with van der Waals surface area (Å²) in [7, 11) is 0. The Morgan fingerprint density at radius 2 is 2.33 bits per heavy atom. The second-order valence-electron chi connectivity index (χ2n) is 3.45. The van der Waals surface area contributed by atoms with Gasteiger partial charge in [0.2, 0.25) is 5.91 Å². The van der Waals surface area contributed by atoms with Crippen molar-refractivity contribution >= 4 is 24.1 Å². The molecule has 0 aliphatic carbocycles. The Hall–Kier alpha value is -1.13. The van der Waals surface area contributed by atoms with Gasteiger partial charge in [-0.25, -0.2) is 4.98 Å². The van der Waals surface area contributed by atoms with Gasteiger partial charge in [0.15, 0.2) is 0 Å². The highest BCUT2D eigenvalue weighted by molar-refractivity contribution is 5.94. The van der Waals surface area contributed by atoms with Gasteiger partial charge < -0.3 is 10.6 Å². The average Bonchev–Trinajstić information content (AvgIpc) is 1.99. The van der Waals surface area contributed by atoms with Crippen LogP contribution in [0.2, 0.25) is 0 Å². The summed E-state index contributed by atoms with van der Waals surface area (Å²) in [6, 6.07) is 5.55. The van der Waals surface area contributed by atoms with Gasteiger partial charge in [0.25, 0.3) is 0 Å². The maximum Gasteiger partial charge on any atom is 0.242 e. The molecule has 1 amide bonds. The van der Waals surface area contributed by atoms with E-state index in [4.69, 9.17) is 0 Å². The first-order valence-electron chi connectivity index (χ1n) is 4.73. The molecule has 5 heteroatoms. The minimum atomic E-state index is -0.0303. The summed E-state index contributed by atoms with van der Waals surface area (Å²) in [5, 5.41) is 5.81. The number of pyridine rings is 1. The quantitative estimate of drug-likeness (QED) is 0.796. The minimum Gasteiger partial charge on any atom is -0.309 e. The molecule has 0 radical (unpaired) electrons. The number of carbonyl (C=O) groups is 1. The van der Waals surface area contributed by atoms with Crippen molar-refractivity contribution in [3.8, 4) is 0 Å². The van der Waals surface area contributed by atoms with Gasteiger partial charge in [-0.05, 0) is 32.0 Å². The van der Waals surface area contributed by atoms with Gasteiger partial charge in [-0.3, -0.25) is 4.79 Å². The Morgan fingerprint density at radius 1 is 1.60 bits per heavy atom. The molecule has 0 aromatic carbocycles.